The largest absolute Gasteiger partial charge is 0.508 e. The minimum Gasteiger partial charge on any atom is -0.508 e. The molecule has 2 heterocycles. The molecule has 0 bridgehead atoms. The van der Waals surface area contributed by atoms with Gasteiger partial charge in [0.05, 0.1) is 5.39 Å². The van der Waals surface area contributed by atoms with E-state index in [0.717, 1.165) is 11.0 Å². The van der Waals surface area contributed by atoms with E-state index in [2.05, 4.69) is 0 Å². The van der Waals surface area contributed by atoms with Gasteiger partial charge in [0.15, 0.2) is 0 Å². The summed E-state index contributed by atoms with van der Waals surface area (Å²) in [6.45, 7) is 0. The molecule has 1 N–H and O–H groups in total. The quantitative estimate of drug-likeness (QED) is 0.573. The number of phenolic OH excluding ortho intramolecular Hbond substituents is 1. The summed E-state index contributed by atoms with van der Waals surface area (Å²) in [4.78, 5) is 12.5. The molecule has 0 radical (unpaired) electrons. The third-order valence-corrected chi connectivity index (χ3v) is 3.45. The Bertz CT molecular complexity index is 991. The first-order valence-corrected chi connectivity index (χ1v) is 6.46. The van der Waals surface area contributed by atoms with Gasteiger partial charge >= 0.3 is 0 Å². The van der Waals surface area contributed by atoms with Crippen molar-refractivity contribution < 1.29 is 13.9 Å². The predicted octanol–water partition coefficient (Wildman–Crippen LogP) is 3.91. The highest BCUT2D eigenvalue weighted by Gasteiger charge is 2.13. The van der Waals surface area contributed by atoms with Crippen molar-refractivity contribution in [3.05, 3.63) is 65.0 Å². The zero-order valence-corrected chi connectivity index (χ0v) is 10.9. The summed E-state index contributed by atoms with van der Waals surface area (Å²) >= 11 is 0. The lowest BCUT2D eigenvalue weighted by Crippen LogP contribution is -2.03. The van der Waals surface area contributed by atoms with Gasteiger partial charge in [-0.2, -0.15) is 0 Å². The van der Waals surface area contributed by atoms with Crippen molar-refractivity contribution in [2.75, 3.05) is 0 Å². The molecule has 0 amide bonds. The molecular weight excluding hydrogens is 268 g/mol. The minimum atomic E-state index is -0.185. The van der Waals surface area contributed by atoms with Crippen LogP contribution in [-0.4, -0.2) is 5.11 Å². The van der Waals surface area contributed by atoms with Crippen LogP contribution in [0.15, 0.2) is 68.4 Å². The molecule has 4 aromatic rings. The second kappa shape index (κ2) is 4.24. The fraction of sp³-hybridized carbons (Fsp3) is 0. The molecule has 0 unspecified atom stereocenters. The van der Waals surface area contributed by atoms with E-state index in [1.54, 1.807) is 6.07 Å². The topological polar surface area (TPSA) is 63.6 Å². The Balaban J connectivity index is 2.00. The van der Waals surface area contributed by atoms with Gasteiger partial charge in [-0.1, -0.05) is 18.2 Å². The van der Waals surface area contributed by atoms with Crippen LogP contribution in [0, 0.1) is 0 Å². The van der Waals surface area contributed by atoms with Crippen LogP contribution in [0.3, 0.4) is 0 Å². The normalized spacial score (nSPS) is 11.2. The molecule has 0 spiro atoms. The van der Waals surface area contributed by atoms with E-state index < -0.39 is 0 Å². The van der Waals surface area contributed by atoms with Crippen molar-refractivity contribution >= 4 is 21.9 Å². The first kappa shape index (κ1) is 11.8. The minimum absolute atomic E-state index is 0.0575. The van der Waals surface area contributed by atoms with Crippen molar-refractivity contribution in [2.45, 2.75) is 0 Å². The van der Waals surface area contributed by atoms with E-state index >= 15 is 0 Å². The highest BCUT2D eigenvalue weighted by atomic mass is 16.3. The second-order valence-corrected chi connectivity index (χ2v) is 4.81. The number of benzene rings is 2. The fourth-order valence-corrected chi connectivity index (χ4v) is 2.40. The van der Waals surface area contributed by atoms with Crippen LogP contribution in [0.5, 0.6) is 5.75 Å². The molecule has 0 aliphatic heterocycles. The summed E-state index contributed by atoms with van der Waals surface area (Å²) in [6, 6.07) is 13.8. The standard InChI is InChI=1S/C17H10O4/c18-11-5-6-12-15(8-11)20-9-13(17(12)19)16-7-10-3-1-2-4-14(10)21-16/h1-9,18H. The van der Waals surface area contributed by atoms with E-state index in [9.17, 15) is 9.90 Å². The summed E-state index contributed by atoms with van der Waals surface area (Å²) in [5.41, 5.74) is 1.25. The van der Waals surface area contributed by atoms with Crippen LogP contribution in [-0.2, 0) is 0 Å². The number of aromatic hydroxyl groups is 1. The number of hydrogen-bond donors (Lipinski definition) is 1. The lowest BCUT2D eigenvalue weighted by Gasteiger charge is -2.00. The molecule has 0 aliphatic carbocycles. The third kappa shape index (κ3) is 1.80. The first-order chi connectivity index (χ1) is 10.2. The number of phenols is 1. The van der Waals surface area contributed by atoms with Crippen LogP contribution < -0.4 is 5.43 Å². The Morgan fingerprint density at radius 3 is 2.67 bits per heavy atom. The lowest BCUT2D eigenvalue weighted by molar-refractivity contribution is 0.474. The fourth-order valence-electron chi connectivity index (χ4n) is 2.40. The number of fused-ring (bicyclic) bond motifs is 2. The van der Waals surface area contributed by atoms with Gasteiger partial charge in [-0.25, -0.2) is 0 Å². The van der Waals surface area contributed by atoms with E-state index in [0.29, 0.717) is 22.3 Å². The highest BCUT2D eigenvalue weighted by molar-refractivity contribution is 5.86. The molecule has 0 saturated carbocycles. The maximum Gasteiger partial charge on any atom is 0.203 e. The Hall–Kier alpha value is -3.01. The average molecular weight is 278 g/mol. The smallest absolute Gasteiger partial charge is 0.203 e. The molecule has 102 valence electrons. The lowest BCUT2D eigenvalue weighted by atomic mass is 10.1. The van der Waals surface area contributed by atoms with Gasteiger partial charge in [-0.15, -0.1) is 0 Å². The van der Waals surface area contributed by atoms with Gasteiger partial charge in [-0.3, -0.25) is 4.79 Å². The molecule has 2 aromatic carbocycles. The average Bonchev–Trinajstić information content (AvgIpc) is 2.91. The molecule has 0 saturated heterocycles. The maximum atomic E-state index is 12.5. The monoisotopic (exact) mass is 278 g/mol. The molecule has 0 fully saturated rings. The number of furan rings is 1. The molecule has 0 aliphatic rings. The van der Waals surface area contributed by atoms with Crippen LogP contribution in [0.25, 0.3) is 33.3 Å². The zero-order chi connectivity index (χ0) is 14.4. The molecule has 2 aromatic heterocycles. The Kier molecular flexibility index (Phi) is 2.38. The van der Waals surface area contributed by atoms with Gasteiger partial charge in [-0.05, 0) is 24.3 Å². The Labute approximate surface area is 118 Å². The van der Waals surface area contributed by atoms with E-state index in [1.165, 1.54) is 18.4 Å². The van der Waals surface area contributed by atoms with Gasteiger partial charge in [0.2, 0.25) is 5.43 Å². The van der Waals surface area contributed by atoms with Gasteiger partial charge in [0.1, 0.15) is 34.5 Å². The van der Waals surface area contributed by atoms with Crippen LogP contribution in [0.2, 0.25) is 0 Å². The number of hydrogen-bond acceptors (Lipinski definition) is 4. The molecular formula is C17H10O4. The van der Waals surface area contributed by atoms with Gasteiger partial charge in [0, 0.05) is 11.5 Å². The SMILES string of the molecule is O=c1c(-c2cc3ccccc3o2)coc2cc(O)ccc12. The highest BCUT2D eigenvalue weighted by Crippen LogP contribution is 2.27. The van der Waals surface area contributed by atoms with Crippen molar-refractivity contribution in [3.63, 3.8) is 0 Å². The molecule has 0 atom stereocenters. The van der Waals surface area contributed by atoms with Crippen LogP contribution in [0.4, 0.5) is 0 Å². The van der Waals surface area contributed by atoms with Gasteiger partial charge in [0.25, 0.3) is 0 Å². The van der Waals surface area contributed by atoms with Crippen LogP contribution >= 0.6 is 0 Å². The number of para-hydroxylation sites is 1. The molecule has 21 heavy (non-hydrogen) atoms. The summed E-state index contributed by atoms with van der Waals surface area (Å²) in [7, 11) is 0. The van der Waals surface area contributed by atoms with E-state index in [-0.39, 0.29) is 11.2 Å². The van der Waals surface area contributed by atoms with Gasteiger partial charge < -0.3 is 13.9 Å². The summed E-state index contributed by atoms with van der Waals surface area (Å²) < 4.78 is 11.1. The molecule has 4 heteroatoms. The summed E-state index contributed by atoms with van der Waals surface area (Å²) in [5, 5.41) is 10.8. The third-order valence-electron chi connectivity index (χ3n) is 3.45. The van der Waals surface area contributed by atoms with Crippen LogP contribution in [0.1, 0.15) is 0 Å². The maximum absolute atomic E-state index is 12.5. The van der Waals surface area contributed by atoms with Crippen molar-refractivity contribution in [3.8, 4) is 17.1 Å². The zero-order valence-electron chi connectivity index (χ0n) is 10.9. The van der Waals surface area contributed by atoms with E-state index in [4.69, 9.17) is 8.83 Å². The second-order valence-electron chi connectivity index (χ2n) is 4.81. The van der Waals surface area contributed by atoms with Crippen molar-refractivity contribution in [1.82, 2.24) is 0 Å². The number of rotatable bonds is 1. The molecule has 4 nitrogen and oxygen atoms in total. The van der Waals surface area contributed by atoms with E-state index in [1.807, 2.05) is 30.3 Å². The summed E-state index contributed by atoms with van der Waals surface area (Å²) in [5.74, 6) is 0.530. The summed E-state index contributed by atoms with van der Waals surface area (Å²) in [6.07, 6.45) is 1.36. The van der Waals surface area contributed by atoms with Crippen molar-refractivity contribution in [2.24, 2.45) is 0 Å². The Morgan fingerprint density at radius 2 is 1.81 bits per heavy atom. The first-order valence-electron chi connectivity index (χ1n) is 6.46. The predicted molar refractivity (Wildman–Crippen MR) is 79.4 cm³/mol. The van der Waals surface area contributed by atoms with Crippen molar-refractivity contribution in [1.29, 1.82) is 0 Å². The molecule has 4 rings (SSSR count). The Morgan fingerprint density at radius 1 is 0.952 bits per heavy atom.